The number of carbonyl (C=O) groups excluding carboxylic acids is 1. The standard InChI is InChI=1S/C17H31N5O/c1-3-8-19-17(18-4-2)20-9-10-21-11-13-22(14-12-21)16(23)15-6-5-7-15/h3,15H,1,4-14H2,2H3,(H2,18,19,20). The molecule has 0 atom stereocenters. The van der Waals surface area contributed by atoms with Gasteiger partial charge in [-0.25, -0.2) is 0 Å². The van der Waals surface area contributed by atoms with Crippen LogP contribution in [0.15, 0.2) is 17.6 Å². The Balaban J connectivity index is 1.66. The SMILES string of the molecule is C=CCNC(=NCCN1CCN(C(=O)C2CCC2)CC1)NCC. The minimum Gasteiger partial charge on any atom is -0.357 e. The van der Waals surface area contributed by atoms with Crippen LogP contribution in [0.5, 0.6) is 0 Å². The Morgan fingerprint density at radius 2 is 2.00 bits per heavy atom. The second kappa shape index (κ2) is 9.55. The van der Waals surface area contributed by atoms with Crippen LogP contribution in [0.2, 0.25) is 0 Å². The van der Waals surface area contributed by atoms with E-state index in [1.807, 2.05) is 6.08 Å². The molecule has 0 unspecified atom stereocenters. The second-order valence-electron chi connectivity index (χ2n) is 6.22. The Kier molecular flexibility index (Phi) is 7.39. The maximum Gasteiger partial charge on any atom is 0.225 e. The number of piperazine rings is 1. The summed E-state index contributed by atoms with van der Waals surface area (Å²) in [4.78, 5) is 21.2. The topological polar surface area (TPSA) is 60.0 Å². The molecule has 1 saturated carbocycles. The minimum absolute atomic E-state index is 0.324. The molecule has 1 aliphatic heterocycles. The molecule has 23 heavy (non-hydrogen) atoms. The summed E-state index contributed by atoms with van der Waals surface area (Å²) in [5, 5.41) is 6.43. The molecule has 0 aromatic rings. The Morgan fingerprint density at radius 3 is 2.57 bits per heavy atom. The van der Waals surface area contributed by atoms with E-state index in [1.165, 1.54) is 6.42 Å². The molecule has 1 saturated heterocycles. The highest BCUT2D eigenvalue weighted by Gasteiger charge is 2.30. The fraction of sp³-hybridized carbons (Fsp3) is 0.765. The Bertz CT molecular complexity index is 411. The predicted molar refractivity (Wildman–Crippen MR) is 94.5 cm³/mol. The summed E-state index contributed by atoms with van der Waals surface area (Å²) >= 11 is 0. The highest BCUT2D eigenvalue weighted by atomic mass is 16.2. The van der Waals surface area contributed by atoms with E-state index in [9.17, 15) is 4.79 Å². The highest BCUT2D eigenvalue weighted by Crippen LogP contribution is 2.28. The Labute approximate surface area is 140 Å². The van der Waals surface area contributed by atoms with Crippen molar-refractivity contribution in [1.82, 2.24) is 20.4 Å². The van der Waals surface area contributed by atoms with Crippen molar-refractivity contribution in [3.63, 3.8) is 0 Å². The van der Waals surface area contributed by atoms with Gasteiger partial charge in [-0.1, -0.05) is 12.5 Å². The zero-order valence-corrected chi connectivity index (χ0v) is 14.4. The zero-order valence-electron chi connectivity index (χ0n) is 14.4. The first kappa shape index (κ1) is 17.8. The van der Waals surface area contributed by atoms with E-state index >= 15 is 0 Å². The van der Waals surface area contributed by atoms with Crippen LogP contribution in [0.1, 0.15) is 26.2 Å². The van der Waals surface area contributed by atoms with Gasteiger partial charge >= 0.3 is 0 Å². The molecular weight excluding hydrogens is 290 g/mol. The van der Waals surface area contributed by atoms with Crippen molar-refractivity contribution in [3.8, 4) is 0 Å². The summed E-state index contributed by atoms with van der Waals surface area (Å²) in [6.07, 6.45) is 5.24. The van der Waals surface area contributed by atoms with Gasteiger partial charge in [0.05, 0.1) is 6.54 Å². The fourth-order valence-electron chi connectivity index (χ4n) is 2.92. The summed E-state index contributed by atoms with van der Waals surface area (Å²) in [5.41, 5.74) is 0. The quantitative estimate of drug-likeness (QED) is 0.411. The molecule has 2 rings (SSSR count). The van der Waals surface area contributed by atoms with Gasteiger partial charge in [-0.2, -0.15) is 0 Å². The van der Waals surface area contributed by atoms with E-state index in [-0.39, 0.29) is 0 Å². The molecule has 1 heterocycles. The van der Waals surface area contributed by atoms with Crippen LogP contribution in [-0.2, 0) is 4.79 Å². The maximum atomic E-state index is 12.2. The molecule has 0 bridgehead atoms. The van der Waals surface area contributed by atoms with Crippen LogP contribution in [0, 0.1) is 5.92 Å². The second-order valence-corrected chi connectivity index (χ2v) is 6.22. The third-order valence-electron chi connectivity index (χ3n) is 4.58. The number of aliphatic imine (C=N–C) groups is 1. The molecule has 1 amide bonds. The number of amides is 1. The van der Waals surface area contributed by atoms with Crippen LogP contribution in [0.25, 0.3) is 0 Å². The summed E-state index contributed by atoms with van der Waals surface area (Å²) in [5.74, 6) is 1.55. The molecule has 0 spiro atoms. The summed E-state index contributed by atoms with van der Waals surface area (Å²) in [6.45, 7) is 12.7. The molecule has 0 aromatic heterocycles. The minimum atomic E-state index is 0.324. The van der Waals surface area contributed by atoms with Gasteiger partial charge in [-0.3, -0.25) is 14.7 Å². The average molecular weight is 321 g/mol. The third-order valence-corrected chi connectivity index (χ3v) is 4.58. The van der Waals surface area contributed by atoms with E-state index in [4.69, 9.17) is 0 Å². The lowest BCUT2D eigenvalue weighted by Crippen LogP contribution is -2.51. The number of rotatable bonds is 7. The monoisotopic (exact) mass is 321 g/mol. The molecular formula is C17H31N5O. The molecule has 130 valence electrons. The first-order valence-electron chi connectivity index (χ1n) is 8.88. The molecule has 1 aliphatic carbocycles. The number of carbonyl (C=O) groups is 1. The predicted octanol–water partition coefficient (Wildman–Crippen LogP) is 0.672. The van der Waals surface area contributed by atoms with Crippen LogP contribution in [0.3, 0.4) is 0 Å². The molecule has 2 aliphatic rings. The van der Waals surface area contributed by atoms with Crippen molar-refractivity contribution in [3.05, 3.63) is 12.7 Å². The number of nitrogens with one attached hydrogen (secondary N) is 2. The Morgan fingerprint density at radius 1 is 1.26 bits per heavy atom. The summed E-state index contributed by atoms with van der Waals surface area (Å²) < 4.78 is 0. The largest absolute Gasteiger partial charge is 0.357 e. The lowest BCUT2D eigenvalue weighted by Gasteiger charge is -2.38. The van der Waals surface area contributed by atoms with E-state index in [0.29, 0.717) is 18.4 Å². The lowest BCUT2D eigenvalue weighted by atomic mass is 9.84. The zero-order chi connectivity index (χ0) is 16.5. The highest BCUT2D eigenvalue weighted by molar-refractivity contribution is 5.80. The van der Waals surface area contributed by atoms with Gasteiger partial charge in [0.1, 0.15) is 0 Å². The van der Waals surface area contributed by atoms with Gasteiger partial charge in [-0.05, 0) is 19.8 Å². The van der Waals surface area contributed by atoms with Gasteiger partial charge in [0.25, 0.3) is 0 Å². The molecule has 0 radical (unpaired) electrons. The summed E-state index contributed by atoms with van der Waals surface area (Å²) in [7, 11) is 0. The smallest absolute Gasteiger partial charge is 0.225 e. The average Bonchev–Trinajstić information content (AvgIpc) is 2.51. The summed E-state index contributed by atoms with van der Waals surface area (Å²) in [6, 6.07) is 0. The fourth-order valence-corrected chi connectivity index (χ4v) is 2.92. The van der Waals surface area contributed by atoms with E-state index < -0.39 is 0 Å². The van der Waals surface area contributed by atoms with Crippen LogP contribution in [-0.4, -0.2) is 74.0 Å². The van der Waals surface area contributed by atoms with Crippen LogP contribution < -0.4 is 10.6 Å². The number of hydrogen-bond donors (Lipinski definition) is 2. The van der Waals surface area contributed by atoms with Crippen molar-refractivity contribution in [2.75, 3.05) is 52.4 Å². The van der Waals surface area contributed by atoms with Gasteiger partial charge < -0.3 is 15.5 Å². The molecule has 2 N–H and O–H groups in total. The number of guanidine groups is 1. The van der Waals surface area contributed by atoms with Crippen molar-refractivity contribution >= 4 is 11.9 Å². The van der Waals surface area contributed by atoms with E-state index in [1.54, 1.807) is 0 Å². The number of hydrogen-bond acceptors (Lipinski definition) is 3. The first-order chi connectivity index (χ1) is 11.2. The van der Waals surface area contributed by atoms with Gasteiger partial charge in [-0.15, -0.1) is 6.58 Å². The Hall–Kier alpha value is -1.56. The van der Waals surface area contributed by atoms with Crippen molar-refractivity contribution in [1.29, 1.82) is 0 Å². The van der Waals surface area contributed by atoms with Gasteiger partial charge in [0, 0.05) is 51.7 Å². The molecule has 6 nitrogen and oxygen atoms in total. The van der Waals surface area contributed by atoms with Crippen molar-refractivity contribution in [2.24, 2.45) is 10.9 Å². The van der Waals surface area contributed by atoms with Crippen molar-refractivity contribution < 1.29 is 4.79 Å². The lowest BCUT2D eigenvalue weighted by molar-refractivity contribution is -0.139. The third kappa shape index (κ3) is 5.53. The van der Waals surface area contributed by atoms with E-state index in [2.05, 4.69) is 38.9 Å². The normalized spacial score (nSPS) is 20.0. The van der Waals surface area contributed by atoms with Crippen LogP contribution >= 0.6 is 0 Å². The maximum absolute atomic E-state index is 12.2. The molecule has 0 aromatic carbocycles. The van der Waals surface area contributed by atoms with Gasteiger partial charge in [0.15, 0.2) is 5.96 Å². The number of nitrogens with zero attached hydrogens (tertiary/aromatic N) is 3. The molecule has 6 heteroatoms. The van der Waals surface area contributed by atoms with Gasteiger partial charge in [0.2, 0.25) is 5.91 Å². The van der Waals surface area contributed by atoms with E-state index in [0.717, 1.165) is 64.6 Å². The van der Waals surface area contributed by atoms with Crippen LogP contribution in [0.4, 0.5) is 0 Å². The first-order valence-corrected chi connectivity index (χ1v) is 8.88. The molecule has 2 fully saturated rings. The van der Waals surface area contributed by atoms with Crippen molar-refractivity contribution in [2.45, 2.75) is 26.2 Å².